The molecular weight excluding hydrogens is 189 g/mol. The average Bonchev–Trinajstić information content (AvgIpc) is 2.28. The first-order valence-corrected chi connectivity index (χ1v) is 4.47. The fourth-order valence-corrected chi connectivity index (χ4v) is 1.16. The Labute approximate surface area is 81.8 Å². The molecule has 4 nitrogen and oxygen atoms in total. The molecule has 0 unspecified atom stereocenters. The minimum atomic E-state index is -1.59. The van der Waals surface area contributed by atoms with Gasteiger partial charge in [0.05, 0.1) is 0 Å². The van der Waals surface area contributed by atoms with E-state index in [2.05, 4.69) is 5.32 Å². The highest BCUT2D eigenvalue weighted by atomic mass is 19.1. The van der Waals surface area contributed by atoms with Crippen LogP contribution >= 0.6 is 0 Å². The first-order chi connectivity index (χ1) is 6.29. The molecule has 1 heterocycles. The van der Waals surface area contributed by atoms with Gasteiger partial charge in [0.25, 0.3) is 5.91 Å². The predicted molar refractivity (Wildman–Crippen MR) is 47.3 cm³/mol. The third-order valence-electron chi connectivity index (χ3n) is 1.73. The van der Waals surface area contributed by atoms with Crippen LogP contribution in [0.3, 0.4) is 0 Å². The van der Waals surface area contributed by atoms with Gasteiger partial charge in [-0.3, -0.25) is 4.79 Å². The fraction of sp³-hybridized carbons (Fsp3) is 0.778. The van der Waals surface area contributed by atoms with Gasteiger partial charge in [-0.1, -0.05) is 0 Å². The van der Waals surface area contributed by atoms with Crippen molar-refractivity contribution in [3.05, 3.63) is 0 Å². The summed E-state index contributed by atoms with van der Waals surface area (Å²) < 4.78 is 17.7. The number of ether oxygens (including phenoxy) is 1. The zero-order valence-corrected chi connectivity index (χ0v) is 8.46. The fourth-order valence-electron chi connectivity index (χ4n) is 1.16. The molecule has 0 aromatic rings. The molecule has 1 aliphatic rings. The second kappa shape index (κ2) is 3.55. The molecule has 0 bridgehead atoms. The Hall–Kier alpha value is -1.13. The van der Waals surface area contributed by atoms with Gasteiger partial charge in [-0.2, -0.15) is 0 Å². The lowest BCUT2D eigenvalue weighted by molar-refractivity contribution is -0.157. The minimum absolute atomic E-state index is 0.131. The van der Waals surface area contributed by atoms with Gasteiger partial charge in [0, 0.05) is 6.42 Å². The molecule has 80 valence electrons. The summed E-state index contributed by atoms with van der Waals surface area (Å²) in [6, 6.07) is -0.836. The van der Waals surface area contributed by atoms with Crippen LogP contribution in [0.4, 0.5) is 4.39 Å². The van der Waals surface area contributed by atoms with E-state index in [1.165, 1.54) is 0 Å². The zero-order chi connectivity index (χ0) is 10.9. The number of rotatable bonds is 1. The Bertz CT molecular complexity index is 259. The molecule has 1 aliphatic heterocycles. The lowest BCUT2D eigenvalue weighted by atomic mass is 10.1. The van der Waals surface area contributed by atoms with Crippen molar-refractivity contribution in [3.8, 4) is 0 Å². The topological polar surface area (TPSA) is 55.4 Å². The van der Waals surface area contributed by atoms with Gasteiger partial charge in [0.2, 0.25) is 0 Å². The zero-order valence-electron chi connectivity index (χ0n) is 8.46. The predicted octanol–water partition coefficient (Wildman–Crippen LogP) is 0.555. The second-order valence-corrected chi connectivity index (χ2v) is 4.30. The molecule has 1 amide bonds. The van der Waals surface area contributed by atoms with Crippen LogP contribution in [0, 0.1) is 0 Å². The van der Waals surface area contributed by atoms with Gasteiger partial charge in [-0.05, 0) is 20.8 Å². The van der Waals surface area contributed by atoms with Crippen LogP contribution in [0.2, 0.25) is 0 Å². The third-order valence-corrected chi connectivity index (χ3v) is 1.73. The molecule has 0 radical (unpaired) electrons. The number of carbonyl (C=O) groups is 2. The average molecular weight is 203 g/mol. The van der Waals surface area contributed by atoms with Crippen molar-refractivity contribution in [2.45, 2.75) is 45.0 Å². The molecule has 1 rings (SSSR count). The molecule has 1 saturated heterocycles. The van der Waals surface area contributed by atoms with Crippen LogP contribution in [0.5, 0.6) is 0 Å². The minimum Gasteiger partial charge on any atom is -0.458 e. The summed E-state index contributed by atoms with van der Waals surface area (Å²) in [6.45, 7) is 5.15. The molecule has 0 aromatic carbocycles. The molecular formula is C9H14FNO3. The van der Waals surface area contributed by atoms with Crippen molar-refractivity contribution in [3.63, 3.8) is 0 Å². The first-order valence-electron chi connectivity index (χ1n) is 4.47. The Morgan fingerprint density at radius 2 is 2.14 bits per heavy atom. The molecule has 0 aliphatic carbocycles. The highest BCUT2D eigenvalue weighted by Crippen LogP contribution is 2.16. The number of nitrogens with one attached hydrogen (secondary N) is 1. The van der Waals surface area contributed by atoms with E-state index in [1.54, 1.807) is 20.8 Å². The quantitative estimate of drug-likeness (QED) is 0.633. The normalized spacial score (nSPS) is 27.3. The van der Waals surface area contributed by atoms with E-state index in [0.717, 1.165) is 0 Å². The van der Waals surface area contributed by atoms with Crippen molar-refractivity contribution >= 4 is 11.9 Å². The Morgan fingerprint density at radius 3 is 2.50 bits per heavy atom. The molecule has 2 atom stereocenters. The summed E-state index contributed by atoms with van der Waals surface area (Å²) in [4.78, 5) is 22.1. The number of hydrogen-bond donors (Lipinski definition) is 1. The summed E-state index contributed by atoms with van der Waals surface area (Å²) in [5.74, 6) is -1.31. The van der Waals surface area contributed by atoms with Crippen LogP contribution in [0.15, 0.2) is 0 Å². The van der Waals surface area contributed by atoms with Crippen LogP contribution in [-0.2, 0) is 14.3 Å². The van der Waals surface area contributed by atoms with Gasteiger partial charge < -0.3 is 10.1 Å². The Kier molecular flexibility index (Phi) is 2.78. The van der Waals surface area contributed by atoms with E-state index in [0.29, 0.717) is 0 Å². The van der Waals surface area contributed by atoms with E-state index in [-0.39, 0.29) is 6.42 Å². The van der Waals surface area contributed by atoms with Crippen LogP contribution in [0.25, 0.3) is 0 Å². The smallest absolute Gasteiger partial charge is 0.329 e. The summed E-state index contributed by atoms with van der Waals surface area (Å²) in [5.41, 5.74) is -0.615. The Morgan fingerprint density at radius 1 is 1.57 bits per heavy atom. The number of carbonyl (C=O) groups excluding carboxylic acids is 2. The number of halogens is 1. The van der Waals surface area contributed by atoms with Crippen molar-refractivity contribution in [2.75, 3.05) is 0 Å². The second-order valence-electron chi connectivity index (χ2n) is 4.30. The monoisotopic (exact) mass is 203 g/mol. The maximum absolute atomic E-state index is 12.7. The van der Waals surface area contributed by atoms with Gasteiger partial charge in [0.1, 0.15) is 11.6 Å². The van der Waals surface area contributed by atoms with Gasteiger partial charge in [-0.25, -0.2) is 9.18 Å². The summed E-state index contributed by atoms with van der Waals surface area (Å²) in [7, 11) is 0. The standard InChI is InChI=1S/C9H14FNO3/c1-9(2,3)14-8(13)6-4-5(10)7(12)11-6/h5-6H,4H2,1-3H3,(H,11,12)/t5-,6-/m0/s1. The molecule has 14 heavy (non-hydrogen) atoms. The largest absolute Gasteiger partial charge is 0.458 e. The summed E-state index contributed by atoms with van der Waals surface area (Å²) in [5, 5.41) is 2.24. The highest BCUT2D eigenvalue weighted by molar-refractivity contribution is 5.91. The molecule has 0 spiro atoms. The molecule has 0 saturated carbocycles. The van der Waals surface area contributed by atoms with Crippen molar-refractivity contribution in [1.29, 1.82) is 0 Å². The molecule has 5 heteroatoms. The maximum Gasteiger partial charge on any atom is 0.329 e. The molecule has 0 aromatic heterocycles. The number of alkyl halides is 1. The summed E-state index contributed by atoms with van der Waals surface area (Å²) in [6.07, 6.45) is -1.72. The van der Waals surface area contributed by atoms with E-state index < -0.39 is 29.7 Å². The SMILES string of the molecule is CC(C)(C)OC(=O)[C@@H]1C[C@H](F)C(=O)N1. The highest BCUT2D eigenvalue weighted by Gasteiger charge is 2.38. The van der Waals surface area contributed by atoms with E-state index in [4.69, 9.17) is 4.74 Å². The van der Waals surface area contributed by atoms with Gasteiger partial charge in [0.15, 0.2) is 6.17 Å². The van der Waals surface area contributed by atoms with Crippen molar-refractivity contribution < 1.29 is 18.7 Å². The van der Waals surface area contributed by atoms with Gasteiger partial charge >= 0.3 is 5.97 Å². The van der Waals surface area contributed by atoms with Crippen LogP contribution in [0.1, 0.15) is 27.2 Å². The third kappa shape index (κ3) is 2.68. The summed E-state index contributed by atoms with van der Waals surface area (Å²) >= 11 is 0. The lowest BCUT2D eigenvalue weighted by Gasteiger charge is -2.21. The number of amides is 1. The van der Waals surface area contributed by atoms with Gasteiger partial charge in [-0.15, -0.1) is 0 Å². The van der Waals surface area contributed by atoms with Crippen molar-refractivity contribution in [2.24, 2.45) is 0 Å². The van der Waals surface area contributed by atoms with E-state index >= 15 is 0 Å². The van der Waals surface area contributed by atoms with E-state index in [9.17, 15) is 14.0 Å². The number of esters is 1. The van der Waals surface area contributed by atoms with E-state index in [1.807, 2.05) is 0 Å². The van der Waals surface area contributed by atoms with Crippen LogP contribution in [-0.4, -0.2) is 29.7 Å². The molecule has 1 N–H and O–H groups in total. The number of hydrogen-bond acceptors (Lipinski definition) is 3. The van der Waals surface area contributed by atoms with Crippen molar-refractivity contribution in [1.82, 2.24) is 5.32 Å². The first kappa shape index (κ1) is 10.9. The maximum atomic E-state index is 12.7. The van der Waals surface area contributed by atoms with Crippen LogP contribution < -0.4 is 5.32 Å². The lowest BCUT2D eigenvalue weighted by Crippen LogP contribution is -2.38. The Balaban J connectivity index is 2.52. The molecule has 1 fully saturated rings.